The maximum Gasteiger partial charge on any atom is 0.160 e. The number of hydrogen-bond acceptors (Lipinski definition) is 3. The highest BCUT2D eigenvalue weighted by Crippen LogP contribution is 2.28. The number of aryl methyl sites for hydroxylation is 1. The smallest absolute Gasteiger partial charge is 0.160 e. The number of thioether (sulfide) groups is 1. The molecule has 2 aromatic carbocycles. The molecule has 20 heavy (non-hydrogen) atoms. The molecule has 2 nitrogen and oxygen atoms in total. The highest BCUT2D eigenvalue weighted by atomic mass is 32.2. The molecule has 0 bridgehead atoms. The lowest BCUT2D eigenvalue weighted by Gasteiger charge is -2.09. The van der Waals surface area contributed by atoms with E-state index in [0.717, 1.165) is 29.4 Å². The van der Waals surface area contributed by atoms with Crippen LogP contribution in [0.15, 0.2) is 48.5 Å². The van der Waals surface area contributed by atoms with Crippen molar-refractivity contribution in [2.24, 2.45) is 0 Å². The zero-order valence-electron chi connectivity index (χ0n) is 12.0. The summed E-state index contributed by atoms with van der Waals surface area (Å²) in [6.45, 7) is 0. The molecule has 0 saturated carbocycles. The van der Waals surface area contributed by atoms with E-state index in [1.165, 1.54) is 11.1 Å². The third-order valence-corrected chi connectivity index (χ3v) is 4.12. The molecule has 3 heteroatoms. The third-order valence-electron chi connectivity index (χ3n) is 3.09. The Morgan fingerprint density at radius 2 is 1.60 bits per heavy atom. The van der Waals surface area contributed by atoms with Gasteiger partial charge in [-0.25, -0.2) is 0 Å². The average Bonchev–Trinajstić information content (AvgIpc) is 2.52. The molecule has 2 rings (SSSR count). The lowest BCUT2D eigenvalue weighted by Crippen LogP contribution is -1.94. The molecule has 2 aromatic rings. The van der Waals surface area contributed by atoms with E-state index in [1.807, 2.05) is 17.8 Å². The maximum absolute atomic E-state index is 5.32. The Morgan fingerprint density at radius 3 is 2.30 bits per heavy atom. The van der Waals surface area contributed by atoms with Gasteiger partial charge in [0.15, 0.2) is 11.5 Å². The minimum Gasteiger partial charge on any atom is -0.493 e. The van der Waals surface area contributed by atoms with E-state index in [-0.39, 0.29) is 0 Å². The second kappa shape index (κ2) is 7.85. The monoisotopic (exact) mass is 288 g/mol. The summed E-state index contributed by atoms with van der Waals surface area (Å²) in [4.78, 5) is 0. The van der Waals surface area contributed by atoms with Crippen LogP contribution in [0.3, 0.4) is 0 Å². The summed E-state index contributed by atoms with van der Waals surface area (Å²) in [6.07, 6.45) is 1.04. The summed E-state index contributed by atoms with van der Waals surface area (Å²) >= 11 is 1.95. The standard InChI is InChI=1S/C17H20O2S/c1-18-16-9-8-14(12-17(16)19-2)10-11-20-13-15-6-4-3-5-7-15/h3-9,12H,10-11,13H2,1-2H3. The Kier molecular flexibility index (Phi) is 5.81. The minimum atomic E-state index is 0.785. The van der Waals surface area contributed by atoms with Crippen LogP contribution >= 0.6 is 11.8 Å². The predicted molar refractivity (Wildman–Crippen MR) is 85.9 cm³/mol. The van der Waals surface area contributed by atoms with E-state index >= 15 is 0 Å². The largest absolute Gasteiger partial charge is 0.493 e. The van der Waals surface area contributed by atoms with Crippen LogP contribution in [0.4, 0.5) is 0 Å². The van der Waals surface area contributed by atoms with Crippen LogP contribution in [-0.4, -0.2) is 20.0 Å². The van der Waals surface area contributed by atoms with Crippen LogP contribution in [0, 0.1) is 0 Å². The van der Waals surface area contributed by atoms with Gasteiger partial charge >= 0.3 is 0 Å². The summed E-state index contributed by atoms with van der Waals surface area (Å²) in [6, 6.07) is 16.7. The molecule has 0 aliphatic rings. The van der Waals surface area contributed by atoms with Crippen molar-refractivity contribution in [3.8, 4) is 11.5 Å². The molecule has 0 spiro atoms. The molecule has 0 unspecified atom stereocenters. The molecule has 0 fully saturated rings. The van der Waals surface area contributed by atoms with Crippen molar-refractivity contribution in [3.05, 3.63) is 59.7 Å². The van der Waals surface area contributed by atoms with Crippen LogP contribution in [-0.2, 0) is 12.2 Å². The van der Waals surface area contributed by atoms with Crippen molar-refractivity contribution in [1.29, 1.82) is 0 Å². The van der Waals surface area contributed by atoms with E-state index in [0.29, 0.717) is 0 Å². The summed E-state index contributed by atoms with van der Waals surface area (Å²) in [7, 11) is 3.33. The quantitative estimate of drug-likeness (QED) is 0.712. The van der Waals surface area contributed by atoms with E-state index < -0.39 is 0 Å². The van der Waals surface area contributed by atoms with Gasteiger partial charge in [-0.2, -0.15) is 11.8 Å². The number of rotatable bonds is 7. The maximum atomic E-state index is 5.32. The summed E-state index contributed by atoms with van der Waals surface area (Å²) < 4.78 is 10.6. The molecule has 0 aromatic heterocycles. The van der Waals surface area contributed by atoms with Crippen molar-refractivity contribution >= 4 is 11.8 Å². The number of ether oxygens (including phenoxy) is 2. The van der Waals surface area contributed by atoms with Gasteiger partial charge < -0.3 is 9.47 Å². The molecule has 0 saturated heterocycles. The van der Waals surface area contributed by atoms with Gasteiger partial charge in [-0.15, -0.1) is 0 Å². The molecule has 0 atom stereocenters. The normalized spacial score (nSPS) is 10.3. The van der Waals surface area contributed by atoms with Gasteiger partial charge in [-0.3, -0.25) is 0 Å². The number of benzene rings is 2. The highest BCUT2D eigenvalue weighted by molar-refractivity contribution is 7.98. The van der Waals surface area contributed by atoms with E-state index in [2.05, 4.69) is 42.5 Å². The molecule has 106 valence electrons. The van der Waals surface area contributed by atoms with Crippen molar-refractivity contribution in [2.75, 3.05) is 20.0 Å². The third kappa shape index (κ3) is 4.20. The van der Waals surface area contributed by atoms with E-state index in [9.17, 15) is 0 Å². The zero-order valence-corrected chi connectivity index (χ0v) is 12.8. The fourth-order valence-corrected chi connectivity index (χ4v) is 2.94. The van der Waals surface area contributed by atoms with Gasteiger partial charge in [0.2, 0.25) is 0 Å². The molecule has 0 N–H and O–H groups in total. The van der Waals surface area contributed by atoms with Crippen molar-refractivity contribution < 1.29 is 9.47 Å². The van der Waals surface area contributed by atoms with Gasteiger partial charge in [-0.05, 0) is 35.4 Å². The molecular formula is C17H20O2S. The van der Waals surface area contributed by atoms with Gasteiger partial charge in [0.25, 0.3) is 0 Å². The Morgan fingerprint density at radius 1 is 0.850 bits per heavy atom. The van der Waals surface area contributed by atoms with Gasteiger partial charge in [0.05, 0.1) is 14.2 Å². The SMILES string of the molecule is COc1ccc(CCSCc2ccccc2)cc1OC. The molecule has 0 amide bonds. The fourth-order valence-electron chi connectivity index (χ4n) is 1.99. The van der Waals surface area contributed by atoms with Crippen molar-refractivity contribution in [2.45, 2.75) is 12.2 Å². The first-order chi connectivity index (χ1) is 9.83. The zero-order chi connectivity index (χ0) is 14.2. The van der Waals surface area contributed by atoms with Crippen LogP contribution in [0.2, 0.25) is 0 Å². The van der Waals surface area contributed by atoms with E-state index in [1.54, 1.807) is 14.2 Å². The topological polar surface area (TPSA) is 18.5 Å². The van der Waals surface area contributed by atoms with Gasteiger partial charge in [0.1, 0.15) is 0 Å². The molecule has 0 aliphatic carbocycles. The molecular weight excluding hydrogens is 268 g/mol. The fraction of sp³-hybridized carbons (Fsp3) is 0.294. The highest BCUT2D eigenvalue weighted by Gasteiger charge is 2.04. The summed E-state index contributed by atoms with van der Waals surface area (Å²) in [5, 5.41) is 0. The van der Waals surface area contributed by atoms with Crippen LogP contribution in [0.5, 0.6) is 11.5 Å². The van der Waals surface area contributed by atoms with Crippen LogP contribution in [0.25, 0.3) is 0 Å². The second-order valence-corrected chi connectivity index (χ2v) is 5.58. The van der Waals surface area contributed by atoms with Gasteiger partial charge in [-0.1, -0.05) is 36.4 Å². The van der Waals surface area contributed by atoms with Gasteiger partial charge in [0, 0.05) is 5.75 Å². The summed E-state index contributed by atoms with van der Waals surface area (Å²) in [5.41, 5.74) is 2.66. The first-order valence-corrected chi connectivity index (χ1v) is 7.81. The van der Waals surface area contributed by atoms with Crippen LogP contribution in [0.1, 0.15) is 11.1 Å². The first kappa shape index (κ1) is 14.8. The Bertz CT molecular complexity index is 526. The lowest BCUT2D eigenvalue weighted by molar-refractivity contribution is 0.354. The predicted octanol–water partition coefficient (Wildman–Crippen LogP) is 4.18. The second-order valence-electron chi connectivity index (χ2n) is 4.48. The Balaban J connectivity index is 1.82. The Hall–Kier alpha value is -1.61. The lowest BCUT2D eigenvalue weighted by atomic mass is 10.1. The molecule has 0 aliphatic heterocycles. The van der Waals surface area contributed by atoms with Crippen LogP contribution < -0.4 is 9.47 Å². The van der Waals surface area contributed by atoms with Crippen molar-refractivity contribution in [3.63, 3.8) is 0 Å². The molecule has 0 heterocycles. The molecule has 0 radical (unpaired) electrons. The summed E-state index contributed by atoms with van der Waals surface area (Å²) in [5.74, 6) is 3.75. The first-order valence-electron chi connectivity index (χ1n) is 6.66. The minimum absolute atomic E-state index is 0.785. The Labute approximate surface area is 125 Å². The number of methoxy groups -OCH3 is 2. The van der Waals surface area contributed by atoms with Crippen molar-refractivity contribution in [1.82, 2.24) is 0 Å². The van der Waals surface area contributed by atoms with E-state index in [4.69, 9.17) is 9.47 Å². The average molecular weight is 288 g/mol. The number of hydrogen-bond donors (Lipinski definition) is 0.